The summed E-state index contributed by atoms with van der Waals surface area (Å²) >= 11 is 0. The van der Waals surface area contributed by atoms with Crippen LogP contribution in [0.5, 0.6) is 5.75 Å². The van der Waals surface area contributed by atoms with Gasteiger partial charge in [-0.15, -0.1) is 0 Å². The molecule has 0 bridgehead atoms. The van der Waals surface area contributed by atoms with Gasteiger partial charge in [0.2, 0.25) is 5.91 Å². The number of nitrogens with two attached hydrogens (primary N) is 1. The highest BCUT2D eigenvalue weighted by molar-refractivity contribution is 5.73. The fourth-order valence-electron chi connectivity index (χ4n) is 2.73. The summed E-state index contributed by atoms with van der Waals surface area (Å²) in [5, 5.41) is 0. The van der Waals surface area contributed by atoms with E-state index < -0.39 is 0 Å². The van der Waals surface area contributed by atoms with Gasteiger partial charge in [0.25, 0.3) is 0 Å². The molecular formula is C19H32N2O3. The summed E-state index contributed by atoms with van der Waals surface area (Å²) in [6.45, 7) is 8.90. The molecule has 1 amide bonds. The molecule has 1 aromatic carbocycles. The molecule has 5 nitrogen and oxygen atoms in total. The SMILES string of the molecule is CC.NC(=O)CC1CCN(CCOCCOc2ccccc2)CC1. The van der Waals surface area contributed by atoms with Crippen LogP contribution in [-0.2, 0) is 9.53 Å². The van der Waals surface area contributed by atoms with E-state index in [-0.39, 0.29) is 5.91 Å². The molecule has 136 valence electrons. The van der Waals surface area contributed by atoms with Gasteiger partial charge in [0.15, 0.2) is 0 Å². The Bertz CT molecular complexity index is 431. The molecular weight excluding hydrogens is 304 g/mol. The Hall–Kier alpha value is -1.59. The van der Waals surface area contributed by atoms with Crippen LogP contribution in [-0.4, -0.2) is 50.3 Å². The van der Waals surface area contributed by atoms with E-state index in [0.717, 1.165) is 44.8 Å². The second-order valence-electron chi connectivity index (χ2n) is 5.73. The number of rotatable bonds is 9. The van der Waals surface area contributed by atoms with Gasteiger partial charge in [0.1, 0.15) is 12.4 Å². The molecule has 0 saturated carbocycles. The summed E-state index contributed by atoms with van der Waals surface area (Å²) in [7, 11) is 0. The molecule has 1 heterocycles. The Labute approximate surface area is 146 Å². The van der Waals surface area contributed by atoms with Gasteiger partial charge in [-0.05, 0) is 44.0 Å². The van der Waals surface area contributed by atoms with Crippen LogP contribution in [0.4, 0.5) is 0 Å². The summed E-state index contributed by atoms with van der Waals surface area (Å²) in [6, 6.07) is 9.76. The number of carbonyl (C=O) groups excluding carboxylic acids is 1. The van der Waals surface area contributed by atoms with Gasteiger partial charge in [-0.3, -0.25) is 4.79 Å². The van der Waals surface area contributed by atoms with Crippen LogP contribution in [0.3, 0.4) is 0 Å². The molecule has 0 aliphatic carbocycles. The number of piperidine rings is 1. The minimum atomic E-state index is -0.180. The minimum absolute atomic E-state index is 0.180. The standard InChI is InChI=1S/C17H26N2O3.C2H6/c18-17(20)14-15-6-8-19(9-7-15)10-11-21-12-13-22-16-4-2-1-3-5-16;1-2/h1-5,15H,6-14H2,(H2,18,20);1-2H3. The molecule has 0 spiro atoms. The van der Waals surface area contributed by atoms with Crippen molar-refractivity contribution in [2.24, 2.45) is 11.7 Å². The van der Waals surface area contributed by atoms with Gasteiger partial charge in [-0.2, -0.15) is 0 Å². The third-order valence-corrected chi connectivity index (χ3v) is 3.99. The van der Waals surface area contributed by atoms with Crippen molar-refractivity contribution in [3.05, 3.63) is 30.3 Å². The average molecular weight is 336 g/mol. The topological polar surface area (TPSA) is 64.8 Å². The zero-order valence-corrected chi connectivity index (χ0v) is 15.1. The Kier molecular flexibility index (Phi) is 10.9. The minimum Gasteiger partial charge on any atom is -0.491 e. The van der Waals surface area contributed by atoms with E-state index >= 15 is 0 Å². The Morgan fingerprint density at radius 1 is 1.12 bits per heavy atom. The highest BCUT2D eigenvalue weighted by Gasteiger charge is 2.20. The largest absolute Gasteiger partial charge is 0.491 e. The average Bonchev–Trinajstić information content (AvgIpc) is 2.61. The first-order valence-corrected chi connectivity index (χ1v) is 9.00. The van der Waals surface area contributed by atoms with Gasteiger partial charge < -0.3 is 20.1 Å². The third kappa shape index (κ3) is 8.89. The van der Waals surface area contributed by atoms with E-state index in [2.05, 4.69) is 4.90 Å². The zero-order valence-electron chi connectivity index (χ0n) is 15.1. The first-order valence-electron chi connectivity index (χ1n) is 9.00. The second-order valence-corrected chi connectivity index (χ2v) is 5.73. The monoisotopic (exact) mass is 336 g/mol. The van der Waals surface area contributed by atoms with Gasteiger partial charge in [-0.25, -0.2) is 0 Å². The normalized spacial score (nSPS) is 15.4. The zero-order chi connectivity index (χ0) is 17.6. The third-order valence-electron chi connectivity index (χ3n) is 3.99. The van der Waals surface area contributed by atoms with Crippen LogP contribution in [0, 0.1) is 5.92 Å². The molecule has 24 heavy (non-hydrogen) atoms. The van der Waals surface area contributed by atoms with Crippen LogP contribution in [0.25, 0.3) is 0 Å². The maximum atomic E-state index is 10.9. The Balaban J connectivity index is 0.00000139. The maximum Gasteiger partial charge on any atom is 0.217 e. The van der Waals surface area contributed by atoms with E-state index in [1.165, 1.54) is 0 Å². The quantitative estimate of drug-likeness (QED) is 0.704. The molecule has 0 radical (unpaired) electrons. The number of hydrogen-bond donors (Lipinski definition) is 1. The summed E-state index contributed by atoms with van der Waals surface area (Å²) in [6.07, 6.45) is 2.64. The van der Waals surface area contributed by atoms with Crippen molar-refractivity contribution in [3.63, 3.8) is 0 Å². The second kappa shape index (κ2) is 12.8. The molecule has 0 aromatic heterocycles. The van der Waals surface area contributed by atoms with Crippen molar-refractivity contribution < 1.29 is 14.3 Å². The maximum absolute atomic E-state index is 10.9. The van der Waals surface area contributed by atoms with Crippen molar-refractivity contribution in [2.45, 2.75) is 33.1 Å². The van der Waals surface area contributed by atoms with E-state index in [0.29, 0.717) is 25.6 Å². The van der Waals surface area contributed by atoms with E-state index in [1.807, 2.05) is 44.2 Å². The van der Waals surface area contributed by atoms with Gasteiger partial charge in [-0.1, -0.05) is 32.0 Å². The summed E-state index contributed by atoms with van der Waals surface area (Å²) in [5.41, 5.74) is 5.24. The van der Waals surface area contributed by atoms with Crippen LogP contribution in [0.15, 0.2) is 30.3 Å². The molecule has 2 rings (SSSR count). The smallest absolute Gasteiger partial charge is 0.217 e. The van der Waals surface area contributed by atoms with Gasteiger partial charge in [0.05, 0.1) is 13.2 Å². The predicted octanol–water partition coefficient (Wildman–Crippen LogP) is 2.70. The number of ether oxygens (including phenoxy) is 2. The predicted molar refractivity (Wildman–Crippen MR) is 97.1 cm³/mol. The lowest BCUT2D eigenvalue weighted by atomic mass is 9.93. The van der Waals surface area contributed by atoms with Crippen LogP contribution in [0.2, 0.25) is 0 Å². The number of amides is 1. The first kappa shape index (κ1) is 20.5. The fourth-order valence-corrected chi connectivity index (χ4v) is 2.73. The number of primary amides is 1. The molecule has 0 atom stereocenters. The molecule has 1 aliphatic heterocycles. The highest BCUT2D eigenvalue weighted by atomic mass is 16.5. The van der Waals surface area contributed by atoms with E-state index in [1.54, 1.807) is 0 Å². The Morgan fingerprint density at radius 3 is 2.42 bits per heavy atom. The lowest BCUT2D eigenvalue weighted by molar-refractivity contribution is -0.119. The molecule has 1 fully saturated rings. The summed E-state index contributed by atoms with van der Waals surface area (Å²) < 4.78 is 11.2. The number of benzene rings is 1. The Morgan fingerprint density at radius 2 is 1.79 bits per heavy atom. The number of likely N-dealkylation sites (tertiary alicyclic amines) is 1. The van der Waals surface area contributed by atoms with Crippen LogP contribution in [0.1, 0.15) is 33.1 Å². The van der Waals surface area contributed by atoms with Crippen molar-refractivity contribution in [1.29, 1.82) is 0 Å². The van der Waals surface area contributed by atoms with E-state index in [4.69, 9.17) is 15.2 Å². The number of carbonyl (C=O) groups is 1. The lowest BCUT2D eigenvalue weighted by Gasteiger charge is -2.31. The van der Waals surface area contributed by atoms with Gasteiger partial charge >= 0.3 is 0 Å². The lowest BCUT2D eigenvalue weighted by Crippen LogP contribution is -2.37. The highest BCUT2D eigenvalue weighted by Crippen LogP contribution is 2.19. The molecule has 2 N–H and O–H groups in total. The fraction of sp³-hybridized carbons (Fsp3) is 0.632. The van der Waals surface area contributed by atoms with Crippen molar-refractivity contribution in [3.8, 4) is 5.75 Å². The van der Waals surface area contributed by atoms with Crippen molar-refractivity contribution in [2.75, 3.05) is 39.5 Å². The molecule has 5 heteroatoms. The summed E-state index contributed by atoms with van der Waals surface area (Å²) in [4.78, 5) is 13.3. The number of nitrogens with zero attached hydrogens (tertiary/aromatic N) is 1. The molecule has 1 saturated heterocycles. The number of hydrogen-bond acceptors (Lipinski definition) is 4. The van der Waals surface area contributed by atoms with Gasteiger partial charge in [0, 0.05) is 13.0 Å². The van der Waals surface area contributed by atoms with Crippen molar-refractivity contribution in [1.82, 2.24) is 4.90 Å². The first-order chi connectivity index (χ1) is 11.7. The number of para-hydroxylation sites is 1. The molecule has 0 unspecified atom stereocenters. The van der Waals surface area contributed by atoms with Crippen LogP contribution < -0.4 is 10.5 Å². The van der Waals surface area contributed by atoms with E-state index in [9.17, 15) is 4.79 Å². The molecule has 1 aromatic rings. The summed E-state index contributed by atoms with van der Waals surface area (Å²) in [5.74, 6) is 1.16. The molecule has 1 aliphatic rings. The van der Waals surface area contributed by atoms with Crippen LogP contribution >= 0.6 is 0 Å². The van der Waals surface area contributed by atoms with Crippen molar-refractivity contribution >= 4 is 5.91 Å².